The van der Waals surface area contributed by atoms with E-state index in [0.717, 1.165) is 32.2 Å². The summed E-state index contributed by atoms with van der Waals surface area (Å²) >= 11 is 0. The van der Waals surface area contributed by atoms with E-state index in [1.54, 1.807) is 24.0 Å². The first-order valence-corrected chi connectivity index (χ1v) is 12.5. The summed E-state index contributed by atoms with van der Waals surface area (Å²) in [5.41, 5.74) is 0.875. The van der Waals surface area contributed by atoms with Crippen molar-refractivity contribution in [2.75, 3.05) is 32.7 Å². The lowest BCUT2D eigenvalue weighted by Gasteiger charge is -2.44. The number of nitro benzene ring substituents is 1. The van der Waals surface area contributed by atoms with E-state index in [-0.39, 0.29) is 23.5 Å². The summed E-state index contributed by atoms with van der Waals surface area (Å²) in [5, 5.41) is 11.3. The minimum absolute atomic E-state index is 0.0259. The number of aryl methyl sites for hydroxylation is 1. The minimum Gasteiger partial charge on any atom is -0.339 e. The average molecular weight is 457 g/mol. The van der Waals surface area contributed by atoms with E-state index in [2.05, 4.69) is 16.7 Å². The monoisotopic (exact) mass is 456 g/mol. The molecular formula is C25H36N4O4. The van der Waals surface area contributed by atoms with Crippen LogP contribution in [0.2, 0.25) is 0 Å². The maximum absolute atomic E-state index is 13.7. The Kier molecular flexibility index (Phi) is 7.32. The first-order valence-electron chi connectivity index (χ1n) is 12.5. The molecule has 0 aromatic heterocycles. The van der Waals surface area contributed by atoms with Gasteiger partial charge in [-0.2, -0.15) is 0 Å². The van der Waals surface area contributed by atoms with Crippen LogP contribution in [0, 0.1) is 23.0 Å². The zero-order chi connectivity index (χ0) is 23.5. The molecule has 1 saturated carbocycles. The number of piperazine rings is 1. The number of benzene rings is 1. The molecule has 1 aliphatic carbocycles. The van der Waals surface area contributed by atoms with E-state index in [9.17, 15) is 19.7 Å². The molecule has 180 valence electrons. The summed E-state index contributed by atoms with van der Waals surface area (Å²) in [5.74, 6) is 0.503. The largest absolute Gasteiger partial charge is 0.339 e. The first-order chi connectivity index (χ1) is 15.9. The summed E-state index contributed by atoms with van der Waals surface area (Å²) in [7, 11) is 0. The van der Waals surface area contributed by atoms with Gasteiger partial charge < -0.3 is 9.80 Å². The highest BCUT2D eigenvalue weighted by Gasteiger charge is 2.40. The van der Waals surface area contributed by atoms with Gasteiger partial charge in [-0.05, 0) is 57.9 Å². The Balaban J connectivity index is 1.45. The number of carbonyl (C=O) groups is 2. The van der Waals surface area contributed by atoms with Gasteiger partial charge in [-0.15, -0.1) is 0 Å². The molecular weight excluding hydrogens is 420 g/mol. The molecule has 0 radical (unpaired) electrons. The molecule has 2 heterocycles. The van der Waals surface area contributed by atoms with Crippen molar-refractivity contribution in [3.8, 4) is 0 Å². The molecule has 1 aromatic carbocycles. The predicted octanol–water partition coefficient (Wildman–Crippen LogP) is 3.62. The Labute approximate surface area is 196 Å². The summed E-state index contributed by atoms with van der Waals surface area (Å²) in [6, 6.07) is 4.89. The maximum atomic E-state index is 13.7. The van der Waals surface area contributed by atoms with Crippen LogP contribution >= 0.6 is 0 Å². The van der Waals surface area contributed by atoms with Crippen molar-refractivity contribution in [2.45, 2.75) is 70.9 Å². The Bertz CT molecular complexity index is 890. The molecule has 33 heavy (non-hydrogen) atoms. The lowest BCUT2D eigenvalue weighted by atomic mass is 9.92. The van der Waals surface area contributed by atoms with Crippen molar-refractivity contribution in [2.24, 2.45) is 5.92 Å². The Morgan fingerprint density at radius 3 is 2.30 bits per heavy atom. The van der Waals surface area contributed by atoms with Gasteiger partial charge in [0.2, 0.25) is 5.91 Å². The molecule has 3 fully saturated rings. The van der Waals surface area contributed by atoms with Crippen molar-refractivity contribution in [3.63, 3.8) is 0 Å². The number of carbonyl (C=O) groups excluding carboxylic acids is 2. The molecule has 0 bridgehead atoms. The van der Waals surface area contributed by atoms with E-state index in [1.165, 1.54) is 25.3 Å². The van der Waals surface area contributed by atoms with Gasteiger partial charge in [0.1, 0.15) is 0 Å². The number of rotatable bonds is 5. The molecule has 4 rings (SSSR count). The van der Waals surface area contributed by atoms with Crippen LogP contribution in [0.5, 0.6) is 0 Å². The third kappa shape index (κ3) is 5.05. The second kappa shape index (κ2) is 10.2. The molecule has 0 N–H and O–H groups in total. The Morgan fingerprint density at radius 1 is 1.00 bits per heavy atom. The van der Waals surface area contributed by atoms with Gasteiger partial charge in [0, 0.05) is 56.0 Å². The van der Waals surface area contributed by atoms with Gasteiger partial charge in [0.25, 0.3) is 11.6 Å². The number of nitrogens with zero attached hydrogens (tertiary/aromatic N) is 4. The SMILES string of the molecule is Cc1ccc(C(=O)N2CCN([C@H](C(=O)N3CCCC[C@H]3C)C3CCCC3)CC2)cc1[N+](=O)[O-]. The topological polar surface area (TPSA) is 87.0 Å². The van der Waals surface area contributed by atoms with Crippen LogP contribution in [0.4, 0.5) is 5.69 Å². The van der Waals surface area contributed by atoms with Crippen molar-refractivity contribution >= 4 is 17.5 Å². The van der Waals surface area contributed by atoms with E-state index >= 15 is 0 Å². The van der Waals surface area contributed by atoms with Gasteiger partial charge in [-0.3, -0.25) is 24.6 Å². The van der Waals surface area contributed by atoms with E-state index in [1.807, 2.05) is 0 Å². The maximum Gasteiger partial charge on any atom is 0.273 e. The van der Waals surface area contributed by atoms with Crippen LogP contribution in [0.1, 0.15) is 67.8 Å². The third-order valence-corrected chi connectivity index (χ3v) is 7.83. The van der Waals surface area contributed by atoms with Crippen LogP contribution in [-0.4, -0.2) is 76.2 Å². The summed E-state index contributed by atoms with van der Waals surface area (Å²) in [4.78, 5) is 43.8. The molecule has 2 aliphatic heterocycles. The molecule has 2 saturated heterocycles. The van der Waals surface area contributed by atoms with Gasteiger partial charge in [0.15, 0.2) is 0 Å². The highest BCUT2D eigenvalue weighted by Crippen LogP contribution is 2.33. The molecule has 2 atom stereocenters. The summed E-state index contributed by atoms with van der Waals surface area (Å²) < 4.78 is 0. The quantitative estimate of drug-likeness (QED) is 0.499. The first kappa shape index (κ1) is 23.7. The molecule has 1 aromatic rings. The molecule has 0 spiro atoms. The van der Waals surface area contributed by atoms with Gasteiger partial charge in [-0.25, -0.2) is 0 Å². The molecule has 8 nitrogen and oxygen atoms in total. The predicted molar refractivity (Wildman–Crippen MR) is 126 cm³/mol. The van der Waals surface area contributed by atoms with Gasteiger partial charge >= 0.3 is 0 Å². The lowest BCUT2D eigenvalue weighted by Crippen LogP contribution is -2.60. The van der Waals surface area contributed by atoms with Crippen LogP contribution in [0.3, 0.4) is 0 Å². The molecule has 3 aliphatic rings. The molecule has 8 heteroatoms. The number of nitro groups is 1. The van der Waals surface area contributed by atoms with E-state index in [4.69, 9.17) is 0 Å². The van der Waals surface area contributed by atoms with E-state index < -0.39 is 4.92 Å². The third-order valence-electron chi connectivity index (χ3n) is 7.83. The normalized spacial score (nSPS) is 23.5. The smallest absolute Gasteiger partial charge is 0.273 e. The van der Waals surface area contributed by atoms with Crippen LogP contribution in [0.15, 0.2) is 18.2 Å². The number of amides is 2. The molecule has 0 unspecified atom stereocenters. The second-order valence-electron chi connectivity index (χ2n) is 9.95. The fourth-order valence-corrected chi connectivity index (χ4v) is 5.85. The highest BCUT2D eigenvalue weighted by molar-refractivity contribution is 5.95. The van der Waals surface area contributed by atoms with Crippen molar-refractivity contribution in [3.05, 3.63) is 39.4 Å². The highest BCUT2D eigenvalue weighted by atomic mass is 16.6. The van der Waals surface area contributed by atoms with Gasteiger partial charge in [0.05, 0.1) is 11.0 Å². The second-order valence-corrected chi connectivity index (χ2v) is 9.95. The van der Waals surface area contributed by atoms with Gasteiger partial charge in [-0.1, -0.05) is 18.9 Å². The fraction of sp³-hybridized carbons (Fsp3) is 0.680. The van der Waals surface area contributed by atoms with Crippen molar-refractivity contribution in [1.29, 1.82) is 0 Å². The number of piperidine rings is 1. The van der Waals surface area contributed by atoms with Crippen LogP contribution < -0.4 is 0 Å². The number of likely N-dealkylation sites (tertiary alicyclic amines) is 1. The average Bonchev–Trinajstić information content (AvgIpc) is 3.34. The lowest BCUT2D eigenvalue weighted by molar-refractivity contribution is -0.385. The van der Waals surface area contributed by atoms with Crippen molar-refractivity contribution in [1.82, 2.24) is 14.7 Å². The zero-order valence-corrected chi connectivity index (χ0v) is 19.9. The Hall–Kier alpha value is -2.48. The zero-order valence-electron chi connectivity index (χ0n) is 19.9. The van der Waals surface area contributed by atoms with E-state index in [0.29, 0.717) is 49.3 Å². The minimum atomic E-state index is -0.441. The summed E-state index contributed by atoms with van der Waals surface area (Å²) in [6.45, 7) is 7.09. The van der Waals surface area contributed by atoms with Crippen LogP contribution in [-0.2, 0) is 4.79 Å². The number of hydrogen-bond donors (Lipinski definition) is 0. The number of hydrogen-bond acceptors (Lipinski definition) is 5. The van der Waals surface area contributed by atoms with Crippen molar-refractivity contribution < 1.29 is 14.5 Å². The fourth-order valence-electron chi connectivity index (χ4n) is 5.85. The summed E-state index contributed by atoms with van der Waals surface area (Å²) in [6.07, 6.45) is 7.93. The standard InChI is InChI=1S/C25H36N4O4/c1-18-10-11-21(17-22(18)29(32)33)24(30)27-15-13-26(14-16-27)23(20-8-3-4-9-20)25(31)28-12-6-5-7-19(28)2/h10-11,17,19-20,23H,3-9,12-16H2,1-2H3/t19-,23+/m1/s1. The van der Waals surface area contributed by atoms with Crippen LogP contribution in [0.25, 0.3) is 0 Å². The molecule has 2 amide bonds. The Morgan fingerprint density at radius 2 is 1.67 bits per heavy atom.